The Hall–Kier alpha value is -1.80. The summed E-state index contributed by atoms with van der Waals surface area (Å²) in [5.41, 5.74) is -1.49. The second-order valence-corrected chi connectivity index (χ2v) is 5.86. The van der Waals surface area contributed by atoms with Gasteiger partial charge in [-0.2, -0.15) is 13.2 Å². The van der Waals surface area contributed by atoms with E-state index in [9.17, 15) is 22.8 Å². The fourth-order valence-corrected chi connectivity index (χ4v) is 2.06. The summed E-state index contributed by atoms with van der Waals surface area (Å²) in [7, 11) is 3.78. The Morgan fingerprint density at radius 2 is 1.88 bits per heavy atom. The molecule has 0 heterocycles. The molecule has 5 nitrogen and oxygen atoms in total. The van der Waals surface area contributed by atoms with Gasteiger partial charge < -0.3 is 15.5 Å². The molecule has 0 radical (unpaired) electrons. The fourth-order valence-electron chi connectivity index (χ4n) is 1.89. The largest absolute Gasteiger partial charge is 0.418 e. The lowest BCUT2D eigenvalue weighted by Gasteiger charge is -2.14. The zero-order valence-electron chi connectivity index (χ0n) is 13.3. The van der Waals surface area contributed by atoms with E-state index in [-0.39, 0.29) is 5.02 Å². The molecule has 0 aliphatic heterocycles. The molecule has 2 amide bonds. The molecule has 0 spiro atoms. The van der Waals surface area contributed by atoms with Gasteiger partial charge in [0.15, 0.2) is 0 Å². The molecule has 0 saturated carbocycles. The second kappa shape index (κ2) is 8.89. The fraction of sp³-hybridized carbons (Fsp3) is 0.467. The molecule has 134 valence electrons. The summed E-state index contributed by atoms with van der Waals surface area (Å²) in [5, 5.41) is 4.54. The van der Waals surface area contributed by atoms with Crippen LogP contribution in [0.3, 0.4) is 0 Å². The number of rotatable bonds is 7. The van der Waals surface area contributed by atoms with E-state index in [1.54, 1.807) is 0 Å². The summed E-state index contributed by atoms with van der Waals surface area (Å²) in [6.07, 6.45) is -4.51. The van der Waals surface area contributed by atoms with Gasteiger partial charge in [0.05, 0.1) is 11.3 Å². The number of carbonyl (C=O) groups excluding carboxylic acids is 2. The van der Waals surface area contributed by atoms with Gasteiger partial charge in [0.2, 0.25) is 11.8 Å². The van der Waals surface area contributed by atoms with Gasteiger partial charge in [-0.1, -0.05) is 11.6 Å². The van der Waals surface area contributed by atoms with Crippen molar-refractivity contribution in [3.63, 3.8) is 0 Å². The number of halogens is 4. The predicted molar refractivity (Wildman–Crippen MR) is 85.9 cm³/mol. The predicted octanol–water partition coefficient (Wildman–Crippen LogP) is 2.76. The number of alkyl halides is 3. The van der Waals surface area contributed by atoms with Gasteiger partial charge in [-0.05, 0) is 45.3 Å². The molecule has 0 aromatic heterocycles. The lowest BCUT2D eigenvalue weighted by atomic mass is 10.1. The monoisotopic (exact) mass is 365 g/mol. The van der Waals surface area contributed by atoms with Crippen LogP contribution >= 0.6 is 11.6 Å². The Bertz CT molecular complexity index is 592. The van der Waals surface area contributed by atoms with Crippen LogP contribution in [0, 0.1) is 0 Å². The number of carbonyl (C=O) groups is 2. The minimum atomic E-state index is -4.66. The van der Waals surface area contributed by atoms with Crippen LogP contribution in [0.5, 0.6) is 0 Å². The first kappa shape index (κ1) is 20.2. The van der Waals surface area contributed by atoms with Crippen LogP contribution in [0.4, 0.5) is 18.9 Å². The van der Waals surface area contributed by atoms with Crippen molar-refractivity contribution in [2.75, 3.05) is 32.5 Å². The second-order valence-electron chi connectivity index (χ2n) is 5.42. The number of nitrogens with one attached hydrogen (secondary N) is 2. The van der Waals surface area contributed by atoms with E-state index in [2.05, 4.69) is 10.6 Å². The van der Waals surface area contributed by atoms with Crippen molar-refractivity contribution in [1.29, 1.82) is 0 Å². The maximum absolute atomic E-state index is 12.9. The van der Waals surface area contributed by atoms with Crippen LogP contribution in [0.15, 0.2) is 18.2 Å². The van der Waals surface area contributed by atoms with E-state index in [0.717, 1.165) is 18.7 Å². The SMILES string of the molecule is CN(C)CCCNC(=O)CC(=O)Nc1ccc(Cl)cc1C(F)(F)F. The zero-order valence-corrected chi connectivity index (χ0v) is 14.1. The highest BCUT2D eigenvalue weighted by molar-refractivity contribution is 6.30. The van der Waals surface area contributed by atoms with Crippen molar-refractivity contribution >= 4 is 29.1 Å². The molecule has 1 rings (SSSR count). The van der Waals surface area contributed by atoms with Gasteiger partial charge in [0.1, 0.15) is 6.42 Å². The highest BCUT2D eigenvalue weighted by Crippen LogP contribution is 2.36. The molecule has 1 aromatic rings. The van der Waals surface area contributed by atoms with Gasteiger partial charge in [0, 0.05) is 11.6 Å². The molecular weight excluding hydrogens is 347 g/mol. The summed E-state index contributed by atoms with van der Waals surface area (Å²) in [6.45, 7) is 1.16. The number of amides is 2. The van der Waals surface area contributed by atoms with Crippen molar-refractivity contribution in [2.24, 2.45) is 0 Å². The molecule has 1 aromatic carbocycles. The summed E-state index contributed by atoms with van der Waals surface area (Å²) >= 11 is 5.56. The van der Waals surface area contributed by atoms with Gasteiger partial charge >= 0.3 is 6.18 Å². The Morgan fingerprint density at radius 1 is 1.21 bits per heavy atom. The van der Waals surface area contributed by atoms with Crippen LogP contribution in [-0.4, -0.2) is 43.9 Å². The van der Waals surface area contributed by atoms with Gasteiger partial charge in [-0.25, -0.2) is 0 Å². The van der Waals surface area contributed by atoms with Crippen LogP contribution in [0.2, 0.25) is 5.02 Å². The van der Waals surface area contributed by atoms with Gasteiger partial charge in [0.25, 0.3) is 0 Å². The van der Waals surface area contributed by atoms with Crippen molar-refractivity contribution < 1.29 is 22.8 Å². The van der Waals surface area contributed by atoms with E-state index in [1.165, 1.54) is 6.07 Å². The molecule has 0 bridgehead atoms. The molecular formula is C15H19ClF3N3O2. The zero-order chi connectivity index (χ0) is 18.3. The van der Waals surface area contributed by atoms with E-state index >= 15 is 0 Å². The molecule has 0 atom stereocenters. The lowest BCUT2D eigenvalue weighted by Crippen LogP contribution is -2.30. The summed E-state index contributed by atoms with van der Waals surface area (Å²) in [5.74, 6) is -1.37. The molecule has 24 heavy (non-hydrogen) atoms. The molecule has 2 N–H and O–H groups in total. The number of anilines is 1. The molecule has 0 aliphatic rings. The Balaban J connectivity index is 2.58. The number of hydrogen-bond acceptors (Lipinski definition) is 3. The number of hydrogen-bond donors (Lipinski definition) is 2. The first-order valence-corrected chi connectivity index (χ1v) is 7.55. The van der Waals surface area contributed by atoms with E-state index in [1.807, 2.05) is 19.0 Å². The van der Waals surface area contributed by atoms with Crippen molar-refractivity contribution in [2.45, 2.75) is 19.0 Å². The molecule has 0 aliphatic carbocycles. The van der Waals surface area contributed by atoms with E-state index in [4.69, 9.17) is 11.6 Å². The summed E-state index contributed by atoms with van der Waals surface area (Å²) < 4.78 is 38.8. The first-order chi connectivity index (χ1) is 11.1. The summed E-state index contributed by atoms with van der Waals surface area (Å²) in [4.78, 5) is 25.3. The lowest BCUT2D eigenvalue weighted by molar-refractivity contribution is -0.137. The van der Waals surface area contributed by atoms with Crippen LogP contribution < -0.4 is 10.6 Å². The average molecular weight is 366 g/mol. The highest BCUT2D eigenvalue weighted by atomic mass is 35.5. The minimum absolute atomic E-state index is 0.0982. The smallest absolute Gasteiger partial charge is 0.356 e. The minimum Gasteiger partial charge on any atom is -0.356 e. The third-order valence-corrected chi connectivity index (χ3v) is 3.22. The first-order valence-electron chi connectivity index (χ1n) is 7.17. The highest BCUT2D eigenvalue weighted by Gasteiger charge is 2.34. The van der Waals surface area contributed by atoms with Gasteiger partial charge in [-0.15, -0.1) is 0 Å². The Kier molecular flexibility index (Phi) is 7.50. The maximum Gasteiger partial charge on any atom is 0.418 e. The topological polar surface area (TPSA) is 61.4 Å². The van der Waals surface area contributed by atoms with E-state index < -0.39 is 35.7 Å². The Morgan fingerprint density at radius 3 is 2.46 bits per heavy atom. The van der Waals surface area contributed by atoms with Crippen LogP contribution in [0.1, 0.15) is 18.4 Å². The molecule has 9 heteroatoms. The van der Waals surface area contributed by atoms with Crippen molar-refractivity contribution in [3.05, 3.63) is 28.8 Å². The molecule has 0 saturated heterocycles. The van der Waals surface area contributed by atoms with Crippen LogP contribution in [0.25, 0.3) is 0 Å². The number of nitrogens with zero attached hydrogens (tertiary/aromatic N) is 1. The third kappa shape index (κ3) is 7.18. The number of benzene rings is 1. The quantitative estimate of drug-likeness (QED) is 0.577. The molecule has 0 unspecified atom stereocenters. The normalized spacial score (nSPS) is 11.5. The third-order valence-electron chi connectivity index (χ3n) is 2.99. The van der Waals surface area contributed by atoms with Crippen LogP contribution in [-0.2, 0) is 15.8 Å². The Labute approximate surface area is 143 Å². The maximum atomic E-state index is 12.9. The van der Waals surface area contributed by atoms with Crippen molar-refractivity contribution in [3.8, 4) is 0 Å². The summed E-state index contributed by atoms with van der Waals surface area (Å²) in [6, 6.07) is 3.00. The van der Waals surface area contributed by atoms with E-state index in [0.29, 0.717) is 13.0 Å². The average Bonchev–Trinajstić information content (AvgIpc) is 2.44. The van der Waals surface area contributed by atoms with Crippen molar-refractivity contribution in [1.82, 2.24) is 10.2 Å². The van der Waals surface area contributed by atoms with Gasteiger partial charge in [-0.3, -0.25) is 9.59 Å². The standard InChI is InChI=1S/C15H19ClF3N3O2/c1-22(2)7-3-6-20-13(23)9-14(24)21-12-5-4-10(16)8-11(12)15(17,18)19/h4-5,8H,3,6-7,9H2,1-2H3,(H,20,23)(H,21,24). The molecule has 0 fully saturated rings.